The lowest BCUT2D eigenvalue weighted by molar-refractivity contribution is -0.116. The number of esters is 1. The van der Waals surface area contributed by atoms with E-state index in [1.165, 1.54) is 36.1 Å². The first-order chi connectivity index (χ1) is 10.0. The largest absolute Gasteiger partial charge is 0.464 e. The van der Waals surface area contributed by atoms with Crippen LogP contribution >= 0.6 is 0 Å². The van der Waals surface area contributed by atoms with Gasteiger partial charge < -0.3 is 14.6 Å². The summed E-state index contributed by atoms with van der Waals surface area (Å²) in [6.45, 7) is 1.55. The number of carbonyl (C=O) groups is 2. The van der Waals surface area contributed by atoms with Crippen molar-refractivity contribution in [1.29, 1.82) is 0 Å². The van der Waals surface area contributed by atoms with Crippen molar-refractivity contribution in [3.05, 3.63) is 47.8 Å². The van der Waals surface area contributed by atoms with E-state index in [-0.39, 0.29) is 12.2 Å². The highest BCUT2D eigenvalue weighted by molar-refractivity contribution is 5.92. The third kappa shape index (κ3) is 3.44. The lowest BCUT2D eigenvalue weighted by Gasteiger charge is -2.09. The molecule has 110 valence electrons. The molecule has 0 bridgehead atoms. The van der Waals surface area contributed by atoms with Gasteiger partial charge in [0.2, 0.25) is 5.91 Å². The van der Waals surface area contributed by atoms with Crippen molar-refractivity contribution in [2.75, 3.05) is 12.4 Å². The topological polar surface area (TPSA) is 73.2 Å². The summed E-state index contributed by atoms with van der Waals surface area (Å²) in [6, 6.07) is 5.56. The SMILES string of the molecule is COC(=O)c1cnc(C)n1CC(=O)Nc1cccc(F)c1. The van der Waals surface area contributed by atoms with Gasteiger partial charge in [-0.3, -0.25) is 4.79 Å². The number of halogens is 1. The molecule has 0 radical (unpaired) electrons. The number of benzene rings is 1. The average molecular weight is 291 g/mol. The molecule has 0 saturated carbocycles. The Bertz CT molecular complexity index is 682. The Morgan fingerprint density at radius 2 is 2.19 bits per heavy atom. The first kappa shape index (κ1) is 14.7. The molecule has 1 heterocycles. The second-order valence-electron chi connectivity index (χ2n) is 4.33. The van der Waals surface area contributed by atoms with E-state index in [0.717, 1.165) is 0 Å². The highest BCUT2D eigenvalue weighted by Crippen LogP contribution is 2.11. The number of amides is 1. The quantitative estimate of drug-likeness (QED) is 0.871. The van der Waals surface area contributed by atoms with Crippen LogP contribution in [0.5, 0.6) is 0 Å². The van der Waals surface area contributed by atoms with Gasteiger partial charge in [0.15, 0.2) is 0 Å². The molecule has 0 aliphatic carbocycles. The fourth-order valence-corrected chi connectivity index (χ4v) is 1.85. The van der Waals surface area contributed by atoms with Crippen molar-refractivity contribution in [3.63, 3.8) is 0 Å². The maximum Gasteiger partial charge on any atom is 0.356 e. The van der Waals surface area contributed by atoms with Gasteiger partial charge in [0.05, 0.1) is 13.3 Å². The molecule has 2 aromatic rings. The maximum atomic E-state index is 13.0. The zero-order valence-electron chi connectivity index (χ0n) is 11.6. The molecule has 0 spiro atoms. The van der Waals surface area contributed by atoms with Crippen LogP contribution in [0, 0.1) is 12.7 Å². The summed E-state index contributed by atoms with van der Waals surface area (Å²) in [7, 11) is 1.25. The van der Waals surface area contributed by atoms with E-state index in [0.29, 0.717) is 11.5 Å². The number of imidazole rings is 1. The maximum absolute atomic E-state index is 13.0. The number of hydrogen-bond donors (Lipinski definition) is 1. The first-order valence-corrected chi connectivity index (χ1v) is 6.17. The zero-order chi connectivity index (χ0) is 15.4. The number of aromatic nitrogens is 2. The molecule has 2 rings (SSSR count). The molecule has 6 nitrogen and oxygen atoms in total. The Labute approximate surface area is 120 Å². The number of nitrogens with zero attached hydrogens (tertiary/aromatic N) is 2. The monoisotopic (exact) mass is 291 g/mol. The van der Waals surface area contributed by atoms with Gasteiger partial charge in [-0.2, -0.15) is 0 Å². The van der Waals surface area contributed by atoms with Crippen LogP contribution in [0.3, 0.4) is 0 Å². The number of methoxy groups -OCH3 is 1. The van der Waals surface area contributed by atoms with Crippen LogP contribution in [0.1, 0.15) is 16.3 Å². The molecule has 0 saturated heterocycles. The summed E-state index contributed by atoms with van der Waals surface area (Å²) in [4.78, 5) is 27.5. The van der Waals surface area contributed by atoms with Crippen LogP contribution in [-0.4, -0.2) is 28.5 Å². The van der Waals surface area contributed by atoms with Crippen molar-refractivity contribution in [1.82, 2.24) is 9.55 Å². The predicted octanol–water partition coefficient (Wildman–Crippen LogP) is 1.76. The number of rotatable bonds is 4. The van der Waals surface area contributed by atoms with Crippen LogP contribution in [0.2, 0.25) is 0 Å². The van der Waals surface area contributed by atoms with Gasteiger partial charge in [0.25, 0.3) is 0 Å². The summed E-state index contributed by atoms with van der Waals surface area (Å²) in [5.41, 5.74) is 0.529. The van der Waals surface area contributed by atoms with Gasteiger partial charge in [-0.15, -0.1) is 0 Å². The summed E-state index contributed by atoms with van der Waals surface area (Å²) < 4.78 is 19.1. The van der Waals surface area contributed by atoms with E-state index in [9.17, 15) is 14.0 Å². The number of hydrogen-bond acceptors (Lipinski definition) is 4. The summed E-state index contributed by atoms with van der Waals surface area (Å²) >= 11 is 0. The van der Waals surface area contributed by atoms with E-state index in [4.69, 9.17) is 0 Å². The van der Waals surface area contributed by atoms with Gasteiger partial charge in [0.1, 0.15) is 23.9 Å². The standard InChI is InChI=1S/C14H14FN3O3/c1-9-16-7-12(14(20)21-2)18(9)8-13(19)17-11-5-3-4-10(15)6-11/h3-7H,8H2,1-2H3,(H,17,19). The lowest BCUT2D eigenvalue weighted by atomic mass is 10.3. The van der Waals surface area contributed by atoms with E-state index in [2.05, 4.69) is 15.0 Å². The number of ether oxygens (including phenoxy) is 1. The first-order valence-electron chi connectivity index (χ1n) is 6.17. The molecule has 7 heteroatoms. The summed E-state index contributed by atoms with van der Waals surface area (Å²) in [5, 5.41) is 2.55. The number of anilines is 1. The second kappa shape index (κ2) is 6.17. The smallest absolute Gasteiger partial charge is 0.356 e. The van der Waals surface area contributed by atoms with Gasteiger partial charge in [0, 0.05) is 5.69 Å². The zero-order valence-corrected chi connectivity index (χ0v) is 11.6. The average Bonchev–Trinajstić information content (AvgIpc) is 2.79. The minimum Gasteiger partial charge on any atom is -0.464 e. The molecule has 0 aliphatic heterocycles. The lowest BCUT2D eigenvalue weighted by Crippen LogP contribution is -2.22. The molecule has 1 amide bonds. The Kier molecular flexibility index (Phi) is 4.32. The molecule has 21 heavy (non-hydrogen) atoms. The second-order valence-corrected chi connectivity index (χ2v) is 4.33. The van der Waals surface area contributed by atoms with Crippen LogP contribution in [0.25, 0.3) is 0 Å². The summed E-state index contributed by atoms with van der Waals surface area (Å²) in [6.07, 6.45) is 1.34. The molecular formula is C14H14FN3O3. The van der Waals surface area contributed by atoms with Gasteiger partial charge >= 0.3 is 5.97 Å². The van der Waals surface area contributed by atoms with Gasteiger partial charge in [-0.25, -0.2) is 14.2 Å². The molecule has 0 unspecified atom stereocenters. The van der Waals surface area contributed by atoms with Crippen LogP contribution < -0.4 is 5.32 Å². The molecule has 1 N–H and O–H groups in total. The van der Waals surface area contributed by atoms with Gasteiger partial charge in [-0.05, 0) is 25.1 Å². The van der Waals surface area contributed by atoms with Crippen LogP contribution in [0.4, 0.5) is 10.1 Å². The molecule has 1 aromatic heterocycles. The number of carbonyl (C=O) groups excluding carboxylic acids is 2. The summed E-state index contributed by atoms with van der Waals surface area (Å²) in [5.74, 6) is -0.910. The van der Waals surface area contributed by atoms with Crippen molar-refractivity contribution in [2.45, 2.75) is 13.5 Å². The Hall–Kier alpha value is -2.70. The highest BCUT2D eigenvalue weighted by atomic mass is 19.1. The van der Waals surface area contributed by atoms with E-state index in [1.807, 2.05) is 0 Å². The van der Waals surface area contributed by atoms with E-state index >= 15 is 0 Å². The molecule has 1 aromatic carbocycles. The van der Waals surface area contributed by atoms with Crippen molar-refractivity contribution < 1.29 is 18.7 Å². The molecule has 0 aliphatic rings. The van der Waals surface area contributed by atoms with E-state index < -0.39 is 17.7 Å². The minimum atomic E-state index is -0.575. The normalized spacial score (nSPS) is 10.2. The molecule has 0 atom stereocenters. The predicted molar refractivity (Wildman–Crippen MR) is 73.3 cm³/mol. The highest BCUT2D eigenvalue weighted by Gasteiger charge is 2.17. The number of aryl methyl sites for hydroxylation is 1. The Morgan fingerprint density at radius 3 is 2.86 bits per heavy atom. The molecular weight excluding hydrogens is 277 g/mol. The minimum absolute atomic E-state index is 0.118. The number of nitrogens with one attached hydrogen (secondary N) is 1. The fourth-order valence-electron chi connectivity index (χ4n) is 1.85. The van der Waals surface area contributed by atoms with Gasteiger partial charge in [-0.1, -0.05) is 6.07 Å². The van der Waals surface area contributed by atoms with Crippen molar-refractivity contribution in [2.24, 2.45) is 0 Å². The van der Waals surface area contributed by atoms with Crippen LogP contribution in [0.15, 0.2) is 30.5 Å². The Balaban J connectivity index is 2.13. The van der Waals surface area contributed by atoms with Crippen molar-refractivity contribution >= 4 is 17.6 Å². The third-order valence-electron chi connectivity index (χ3n) is 2.86. The third-order valence-corrected chi connectivity index (χ3v) is 2.86. The van der Waals surface area contributed by atoms with Crippen molar-refractivity contribution in [3.8, 4) is 0 Å². The molecule has 0 fully saturated rings. The van der Waals surface area contributed by atoms with Crippen LogP contribution in [-0.2, 0) is 16.1 Å². The fraction of sp³-hybridized carbons (Fsp3) is 0.214. The Morgan fingerprint density at radius 1 is 1.43 bits per heavy atom. The van der Waals surface area contributed by atoms with E-state index in [1.54, 1.807) is 13.0 Å².